The molecule has 3 aromatic rings. The molecule has 0 bridgehead atoms. The SMILES string of the molecule is O=S(=O)(c1ccccc1)C(CCCN1CCN(CCc2ccncc2)CC1)c1ccccc1. The van der Waals surface area contributed by atoms with E-state index in [9.17, 15) is 8.42 Å². The van der Waals surface area contributed by atoms with Gasteiger partial charge in [-0.15, -0.1) is 0 Å². The zero-order valence-electron chi connectivity index (χ0n) is 19.1. The van der Waals surface area contributed by atoms with Crippen molar-refractivity contribution in [2.24, 2.45) is 0 Å². The molecule has 0 N–H and O–H groups in total. The van der Waals surface area contributed by atoms with Gasteiger partial charge in [0.05, 0.1) is 10.1 Å². The molecular weight excluding hydrogens is 430 g/mol. The number of nitrogens with zero attached hydrogens (tertiary/aromatic N) is 3. The lowest BCUT2D eigenvalue weighted by atomic mass is 10.1. The predicted molar refractivity (Wildman–Crippen MR) is 133 cm³/mol. The number of sulfone groups is 1. The maximum atomic E-state index is 13.4. The standard InChI is InChI=1S/C27H33N3O2S/c31-33(32,26-10-5-2-6-11-26)27(25-8-3-1-4-9-25)12-7-18-29-20-22-30(23-21-29)19-15-24-13-16-28-17-14-24/h1-6,8-11,13-14,16-17,27H,7,12,15,18-23H2. The number of aromatic nitrogens is 1. The highest BCUT2D eigenvalue weighted by molar-refractivity contribution is 7.91. The van der Waals surface area contributed by atoms with Gasteiger partial charge in [-0.3, -0.25) is 4.98 Å². The Bertz CT molecular complexity index is 1070. The van der Waals surface area contributed by atoms with Crippen LogP contribution in [-0.2, 0) is 16.3 Å². The first kappa shape index (κ1) is 23.6. The number of piperazine rings is 1. The molecule has 0 saturated carbocycles. The number of pyridine rings is 1. The van der Waals surface area contributed by atoms with Gasteiger partial charge in [0.25, 0.3) is 0 Å². The molecule has 33 heavy (non-hydrogen) atoms. The molecule has 0 spiro atoms. The Morgan fingerprint density at radius 1 is 0.758 bits per heavy atom. The van der Waals surface area contributed by atoms with E-state index in [-0.39, 0.29) is 0 Å². The van der Waals surface area contributed by atoms with E-state index < -0.39 is 15.1 Å². The summed E-state index contributed by atoms with van der Waals surface area (Å²) in [5.41, 5.74) is 2.21. The average molecular weight is 464 g/mol. The molecule has 174 valence electrons. The Kier molecular flexibility index (Phi) is 8.26. The molecule has 4 rings (SSSR count). The lowest BCUT2D eigenvalue weighted by Crippen LogP contribution is -2.47. The van der Waals surface area contributed by atoms with Gasteiger partial charge in [0, 0.05) is 45.1 Å². The van der Waals surface area contributed by atoms with Crippen molar-refractivity contribution >= 4 is 9.84 Å². The van der Waals surface area contributed by atoms with Crippen LogP contribution in [0.1, 0.15) is 29.2 Å². The average Bonchev–Trinajstić information content (AvgIpc) is 2.87. The van der Waals surface area contributed by atoms with Gasteiger partial charge in [0.1, 0.15) is 0 Å². The molecule has 1 aliphatic heterocycles. The van der Waals surface area contributed by atoms with Crippen molar-refractivity contribution in [3.63, 3.8) is 0 Å². The number of hydrogen-bond donors (Lipinski definition) is 0. The fourth-order valence-corrected chi connectivity index (χ4v) is 6.37. The topological polar surface area (TPSA) is 53.5 Å². The highest BCUT2D eigenvalue weighted by Gasteiger charge is 2.29. The van der Waals surface area contributed by atoms with Crippen molar-refractivity contribution in [2.45, 2.75) is 29.4 Å². The fraction of sp³-hybridized carbons (Fsp3) is 0.370. The molecule has 1 atom stereocenters. The lowest BCUT2D eigenvalue weighted by Gasteiger charge is -2.35. The van der Waals surface area contributed by atoms with E-state index in [1.807, 2.05) is 48.8 Å². The van der Waals surface area contributed by atoms with Gasteiger partial charge in [-0.05, 0) is 61.2 Å². The van der Waals surface area contributed by atoms with Crippen LogP contribution in [0.3, 0.4) is 0 Å². The Morgan fingerprint density at radius 3 is 1.97 bits per heavy atom. The van der Waals surface area contributed by atoms with E-state index in [1.165, 1.54) is 5.56 Å². The van der Waals surface area contributed by atoms with Crippen LogP contribution < -0.4 is 0 Å². The van der Waals surface area contributed by atoms with Crippen molar-refractivity contribution in [1.82, 2.24) is 14.8 Å². The molecule has 5 nitrogen and oxygen atoms in total. The van der Waals surface area contributed by atoms with Crippen molar-refractivity contribution in [3.8, 4) is 0 Å². The van der Waals surface area contributed by atoms with Gasteiger partial charge in [-0.1, -0.05) is 48.5 Å². The second kappa shape index (κ2) is 11.5. The van der Waals surface area contributed by atoms with E-state index in [0.717, 1.165) is 57.7 Å². The van der Waals surface area contributed by atoms with Crippen molar-refractivity contribution in [2.75, 3.05) is 39.3 Å². The van der Waals surface area contributed by atoms with E-state index in [0.29, 0.717) is 11.3 Å². The molecule has 1 fully saturated rings. The highest BCUT2D eigenvalue weighted by Crippen LogP contribution is 2.32. The molecular formula is C27H33N3O2S. The first-order valence-corrected chi connectivity index (χ1v) is 13.3. The number of rotatable bonds is 10. The van der Waals surface area contributed by atoms with E-state index in [2.05, 4.69) is 26.9 Å². The van der Waals surface area contributed by atoms with Gasteiger partial charge in [-0.2, -0.15) is 0 Å². The van der Waals surface area contributed by atoms with Gasteiger partial charge >= 0.3 is 0 Å². The van der Waals surface area contributed by atoms with Crippen LogP contribution in [0.5, 0.6) is 0 Å². The first-order valence-electron chi connectivity index (χ1n) is 11.8. The van der Waals surface area contributed by atoms with Crippen LogP contribution >= 0.6 is 0 Å². The molecule has 0 aliphatic carbocycles. The monoisotopic (exact) mass is 463 g/mol. The maximum Gasteiger partial charge on any atom is 0.185 e. The zero-order valence-corrected chi connectivity index (χ0v) is 19.9. The van der Waals surface area contributed by atoms with Crippen LogP contribution in [0.25, 0.3) is 0 Å². The summed E-state index contributed by atoms with van der Waals surface area (Å²) in [6.07, 6.45) is 6.26. The van der Waals surface area contributed by atoms with E-state index >= 15 is 0 Å². The molecule has 0 amide bonds. The minimum absolute atomic E-state index is 0.404. The number of hydrogen-bond acceptors (Lipinski definition) is 5. The Morgan fingerprint density at radius 2 is 1.33 bits per heavy atom. The Hall–Kier alpha value is -2.54. The molecule has 2 heterocycles. The van der Waals surface area contributed by atoms with Crippen LogP contribution in [0, 0.1) is 0 Å². The summed E-state index contributed by atoms with van der Waals surface area (Å²) in [5, 5.41) is -0.511. The normalized spacial score (nSPS) is 16.5. The van der Waals surface area contributed by atoms with E-state index in [1.54, 1.807) is 24.3 Å². The minimum atomic E-state index is -3.43. The third-order valence-corrected chi connectivity index (χ3v) is 8.68. The molecule has 1 aliphatic rings. The third kappa shape index (κ3) is 6.50. The molecule has 6 heteroatoms. The zero-order chi connectivity index (χ0) is 22.9. The van der Waals surface area contributed by atoms with Gasteiger partial charge in [-0.25, -0.2) is 8.42 Å². The summed E-state index contributed by atoms with van der Waals surface area (Å²) in [7, 11) is -3.43. The van der Waals surface area contributed by atoms with Crippen LogP contribution in [0.2, 0.25) is 0 Å². The fourth-order valence-electron chi connectivity index (χ4n) is 4.52. The summed E-state index contributed by atoms with van der Waals surface area (Å²) in [6, 6.07) is 22.7. The summed E-state index contributed by atoms with van der Waals surface area (Å²) in [6.45, 7) is 6.22. The van der Waals surface area contributed by atoms with Crippen molar-refractivity contribution < 1.29 is 8.42 Å². The van der Waals surface area contributed by atoms with Gasteiger partial charge in [0.15, 0.2) is 9.84 Å². The molecule has 1 unspecified atom stereocenters. The minimum Gasteiger partial charge on any atom is -0.301 e. The smallest absolute Gasteiger partial charge is 0.185 e. The van der Waals surface area contributed by atoms with Crippen LogP contribution in [0.15, 0.2) is 90.1 Å². The van der Waals surface area contributed by atoms with Crippen molar-refractivity contribution in [3.05, 3.63) is 96.3 Å². The Labute approximate surface area is 198 Å². The lowest BCUT2D eigenvalue weighted by molar-refractivity contribution is 0.132. The van der Waals surface area contributed by atoms with E-state index in [4.69, 9.17) is 0 Å². The Balaban J connectivity index is 1.29. The highest BCUT2D eigenvalue weighted by atomic mass is 32.2. The number of benzene rings is 2. The third-order valence-electron chi connectivity index (χ3n) is 6.49. The molecule has 0 radical (unpaired) electrons. The molecule has 2 aromatic carbocycles. The molecule has 1 saturated heterocycles. The maximum absolute atomic E-state index is 13.4. The second-order valence-electron chi connectivity index (χ2n) is 8.69. The summed E-state index contributed by atoms with van der Waals surface area (Å²) in [5.74, 6) is 0. The quantitative estimate of drug-likeness (QED) is 0.450. The van der Waals surface area contributed by atoms with Crippen LogP contribution in [-0.4, -0.2) is 62.5 Å². The predicted octanol–water partition coefficient (Wildman–Crippen LogP) is 4.24. The van der Waals surface area contributed by atoms with Gasteiger partial charge < -0.3 is 9.80 Å². The second-order valence-corrected chi connectivity index (χ2v) is 10.8. The summed E-state index contributed by atoms with van der Waals surface area (Å²) < 4.78 is 26.8. The molecule has 1 aromatic heterocycles. The largest absolute Gasteiger partial charge is 0.301 e. The van der Waals surface area contributed by atoms with Crippen LogP contribution in [0.4, 0.5) is 0 Å². The summed E-state index contributed by atoms with van der Waals surface area (Å²) >= 11 is 0. The summed E-state index contributed by atoms with van der Waals surface area (Å²) in [4.78, 5) is 9.48. The first-order chi connectivity index (χ1) is 16.1. The van der Waals surface area contributed by atoms with Gasteiger partial charge in [0.2, 0.25) is 0 Å². The van der Waals surface area contributed by atoms with Crippen molar-refractivity contribution in [1.29, 1.82) is 0 Å².